The van der Waals surface area contributed by atoms with Gasteiger partial charge in [-0.1, -0.05) is 30.3 Å². The number of carbonyl (C=O) groups is 4. The Morgan fingerprint density at radius 3 is 2.00 bits per heavy atom. The Labute approximate surface area is 174 Å². The first-order chi connectivity index (χ1) is 14.6. The summed E-state index contributed by atoms with van der Waals surface area (Å²) in [7, 11) is 0. The van der Waals surface area contributed by atoms with Crippen molar-refractivity contribution in [2.75, 3.05) is 26.2 Å². The fourth-order valence-corrected chi connectivity index (χ4v) is 3.05. The minimum atomic E-state index is -0.323. The Morgan fingerprint density at radius 1 is 0.800 bits per heavy atom. The lowest BCUT2D eigenvalue weighted by molar-refractivity contribution is -0.124. The number of ether oxygens (including phenoxy) is 1. The van der Waals surface area contributed by atoms with Crippen molar-refractivity contribution in [3.8, 4) is 5.75 Å². The normalized spacial score (nSPS) is 12.5. The average Bonchev–Trinajstić information content (AvgIpc) is 3.01. The first-order valence-corrected chi connectivity index (χ1v) is 9.72. The van der Waals surface area contributed by atoms with Crippen LogP contribution in [0.1, 0.15) is 33.6 Å². The van der Waals surface area contributed by atoms with Crippen LogP contribution in [0.4, 0.5) is 0 Å². The maximum atomic E-state index is 12.3. The molecule has 156 valence electrons. The standard InChI is InChI=1S/C22H23N3O5/c26-19(23-12-13-24-20(27)15-30-16-7-2-1-3-8-16)11-6-14-25-21(28)17-9-4-5-10-18(17)22(25)29/h1-5,7-10H,6,11-15H2,(H,23,26)(H,24,27). The third-order valence-corrected chi connectivity index (χ3v) is 4.55. The molecule has 0 aromatic heterocycles. The highest BCUT2D eigenvalue weighted by Crippen LogP contribution is 2.22. The molecule has 0 fully saturated rings. The molecule has 1 heterocycles. The summed E-state index contributed by atoms with van der Waals surface area (Å²) >= 11 is 0. The van der Waals surface area contributed by atoms with Crippen LogP contribution >= 0.6 is 0 Å². The van der Waals surface area contributed by atoms with Crippen LogP contribution in [0.5, 0.6) is 5.75 Å². The van der Waals surface area contributed by atoms with Crippen LogP contribution in [-0.4, -0.2) is 54.8 Å². The lowest BCUT2D eigenvalue weighted by atomic mass is 10.1. The molecule has 2 aromatic rings. The molecule has 30 heavy (non-hydrogen) atoms. The zero-order valence-electron chi connectivity index (χ0n) is 16.4. The Hall–Kier alpha value is -3.68. The molecule has 0 spiro atoms. The molecule has 0 atom stereocenters. The van der Waals surface area contributed by atoms with E-state index < -0.39 is 0 Å². The van der Waals surface area contributed by atoms with Crippen LogP contribution in [0.25, 0.3) is 0 Å². The van der Waals surface area contributed by atoms with Crippen LogP contribution in [0.15, 0.2) is 54.6 Å². The summed E-state index contributed by atoms with van der Waals surface area (Å²) in [6, 6.07) is 15.7. The van der Waals surface area contributed by atoms with Gasteiger partial charge in [-0.2, -0.15) is 0 Å². The summed E-state index contributed by atoms with van der Waals surface area (Å²) in [6.45, 7) is 0.648. The van der Waals surface area contributed by atoms with E-state index >= 15 is 0 Å². The van der Waals surface area contributed by atoms with Gasteiger partial charge in [-0.3, -0.25) is 24.1 Å². The number of nitrogens with one attached hydrogen (secondary N) is 2. The monoisotopic (exact) mass is 409 g/mol. The molecule has 1 aliphatic rings. The minimum absolute atomic E-state index is 0.0990. The summed E-state index contributed by atoms with van der Waals surface area (Å²) in [5.74, 6) is -0.521. The van der Waals surface area contributed by atoms with E-state index in [9.17, 15) is 19.2 Å². The average molecular weight is 409 g/mol. The molecule has 8 nitrogen and oxygen atoms in total. The van der Waals surface area contributed by atoms with Crippen LogP contribution in [0.3, 0.4) is 0 Å². The van der Waals surface area contributed by atoms with Gasteiger partial charge < -0.3 is 15.4 Å². The van der Waals surface area contributed by atoms with Gasteiger partial charge in [-0.15, -0.1) is 0 Å². The van der Waals surface area contributed by atoms with Crippen LogP contribution in [0, 0.1) is 0 Å². The van der Waals surface area contributed by atoms with Gasteiger partial charge in [-0.05, 0) is 30.7 Å². The number of imide groups is 1. The number of benzene rings is 2. The van der Waals surface area contributed by atoms with E-state index in [-0.39, 0.29) is 56.3 Å². The lowest BCUT2D eigenvalue weighted by Crippen LogP contribution is -2.37. The molecule has 1 aliphatic heterocycles. The van der Waals surface area contributed by atoms with Crippen LogP contribution < -0.4 is 15.4 Å². The predicted octanol–water partition coefficient (Wildman–Crippen LogP) is 1.37. The van der Waals surface area contributed by atoms with E-state index in [0.717, 1.165) is 0 Å². The van der Waals surface area contributed by atoms with Gasteiger partial charge in [0.15, 0.2) is 6.61 Å². The van der Waals surface area contributed by atoms with Crippen molar-refractivity contribution in [1.29, 1.82) is 0 Å². The molecule has 0 unspecified atom stereocenters. The van der Waals surface area contributed by atoms with Crippen molar-refractivity contribution in [2.45, 2.75) is 12.8 Å². The first kappa shape index (κ1) is 21.0. The molecular formula is C22H23N3O5. The van der Waals surface area contributed by atoms with E-state index in [0.29, 0.717) is 23.3 Å². The highest BCUT2D eigenvalue weighted by molar-refractivity contribution is 6.21. The Balaban J connectivity index is 1.27. The maximum absolute atomic E-state index is 12.3. The number of carbonyl (C=O) groups excluding carboxylic acids is 4. The van der Waals surface area contributed by atoms with Crippen molar-refractivity contribution < 1.29 is 23.9 Å². The molecule has 0 bridgehead atoms. The zero-order valence-corrected chi connectivity index (χ0v) is 16.4. The van der Waals surface area contributed by atoms with Crippen LogP contribution in [-0.2, 0) is 9.59 Å². The molecule has 3 rings (SSSR count). The Kier molecular flexibility index (Phi) is 7.15. The van der Waals surface area contributed by atoms with Gasteiger partial charge >= 0.3 is 0 Å². The van der Waals surface area contributed by atoms with Gasteiger partial charge in [0.1, 0.15) is 5.75 Å². The quantitative estimate of drug-likeness (QED) is 0.456. The molecule has 0 radical (unpaired) electrons. The molecule has 2 N–H and O–H groups in total. The van der Waals surface area contributed by atoms with Gasteiger partial charge in [-0.25, -0.2) is 0 Å². The second-order valence-corrected chi connectivity index (χ2v) is 6.71. The number of amides is 4. The van der Waals surface area contributed by atoms with Crippen LogP contribution in [0.2, 0.25) is 0 Å². The Bertz CT molecular complexity index is 894. The summed E-state index contributed by atoms with van der Waals surface area (Å²) < 4.78 is 5.33. The SMILES string of the molecule is O=C(CCCN1C(=O)c2ccccc2C1=O)NCCNC(=O)COc1ccccc1. The Morgan fingerprint density at radius 2 is 1.37 bits per heavy atom. The van der Waals surface area contributed by atoms with Gasteiger partial charge in [0.05, 0.1) is 11.1 Å². The van der Waals surface area contributed by atoms with Gasteiger partial charge in [0, 0.05) is 26.1 Å². The van der Waals surface area contributed by atoms with E-state index in [2.05, 4.69) is 10.6 Å². The second-order valence-electron chi connectivity index (χ2n) is 6.71. The van der Waals surface area contributed by atoms with Crippen molar-refractivity contribution in [3.05, 3.63) is 65.7 Å². The topological polar surface area (TPSA) is 105 Å². The predicted molar refractivity (Wildman–Crippen MR) is 109 cm³/mol. The van der Waals surface area contributed by atoms with Crippen molar-refractivity contribution in [3.63, 3.8) is 0 Å². The molecule has 0 saturated carbocycles. The molecule has 4 amide bonds. The van der Waals surface area contributed by atoms with E-state index in [4.69, 9.17) is 4.74 Å². The number of hydrogen-bond acceptors (Lipinski definition) is 5. The number of fused-ring (bicyclic) bond motifs is 1. The number of hydrogen-bond donors (Lipinski definition) is 2. The van der Waals surface area contributed by atoms with E-state index in [1.807, 2.05) is 18.2 Å². The summed E-state index contributed by atoms with van der Waals surface area (Å²) in [6.07, 6.45) is 0.549. The summed E-state index contributed by atoms with van der Waals surface area (Å²) in [5.41, 5.74) is 0.804. The highest BCUT2D eigenvalue weighted by Gasteiger charge is 2.34. The fraction of sp³-hybridized carbons (Fsp3) is 0.273. The number of rotatable bonds is 10. The second kappa shape index (κ2) is 10.2. The van der Waals surface area contributed by atoms with Crippen molar-refractivity contribution >= 4 is 23.6 Å². The zero-order chi connectivity index (χ0) is 21.3. The molecule has 2 aromatic carbocycles. The highest BCUT2D eigenvalue weighted by atomic mass is 16.5. The molecule has 8 heteroatoms. The van der Waals surface area contributed by atoms with E-state index in [1.165, 1.54) is 4.90 Å². The largest absolute Gasteiger partial charge is 0.484 e. The summed E-state index contributed by atoms with van der Waals surface area (Å²) in [4.78, 5) is 49.3. The summed E-state index contributed by atoms with van der Waals surface area (Å²) in [5, 5.41) is 5.35. The third-order valence-electron chi connectivity index (χ3n) is 4.55. The first-order valence-electron chi connectivity index (χ1n) is 9.72. The number of para-hydroxylation sites is 1. The van der Waals surface area contributed by atoms with Crippen molar-refractivity contribution in [2.24, 2.45) is 0 Å². The van der Waals surface area contributed by atoms with Gasteiger partial charge in [0.2, 0.25) is 5.91 Å². The minimum Gasteiger partial charge on any atom is -0.484 e. The third kappa shape index (κ3) is 5.44. The fourth-order valence-electron chi connectivity index (χ4n) is 3.05. The smallest absolute Gasteiger partial charge is 0.261 e. The molecular weight excluding hydrogens is 386 g/mol. The maximum Gasteiger partial charge on any atom is 0.261 e. The van der Waals surface area contributed by atoms with Gasteiger partial charge in [0.25, 0.3) is 17.7 Å². The lowest BCUT2D eigenvalue weighted by Gasteiger charge is -2.13. The van der Waals surface area contributed by atoms with Crippen molar-refractivity contribution in [1.82, 2.24) is 15.5 Å². The van der Waals surface area contributed by atoms with E-state index in [1.54, 1.807) is 36.4 Å². The molecule has 0 aliphatic carbocycles. The molecule has 0 saturated heterocycles. The number of nitrogens with zero attached hydrogens (tertiary/aromatic N) is 1.